The van der Waals surface area contributed by atoms with Crippen molar-refractivity contribution in [1.82, 2.24) is 14.9 Å². The van der Waals surface area contributed by atoms with Gasteiger partial charge in [0.2, 0.25) is 10.0 Å². The molecular formula is C19H19N3O4S. The van der Waals surface area contributed by atoms with Crippen LogP contribution in [0.5, 0.6) is 5.75 Å². The largest absolute Gasteiger partial charge is 0.495 e. The number of hydrogen-bond donors (Lipinski definition) is 2. The topological polar surface area (TPSA) is 101 Å². The Labute approximate surface area is 157 Å². The van der Waals surface area contributed by atoms with E-state index >= 15 is 0 Å². The Balaban J connectivity index is 1.92. The first-order chi connectivity index (χ1) is 12.9. The Kier molecular flexibility index (Phi) is 5.38. The van der Waals surface area contributed by atoms with Crippen LogP contribution in [0.1, 0.15) is 11.1 Å². The molecule has 0 fully saturated rings. The maximum atomic E-state index is 12.8. The first kappa shape index (κ1) is 18.8. The molecule has 0 saturated heterocycles. The fourth-order valence-electron chi connectivity index (χ4n) is 2.51. The lowest BCUT2D eigenvalue weighted by atomic mass is 10.1. The van der Waals surface area contributed by atoms with E-state index in [-0.39, 0.29) is 22.7 Å². The van der Waals surface area contributed by atoms with Gasteiger partial charge in [0.1, 0.15) is 10.6 Å². The van der Waals surface area contributed by atoms with Crippen LogP contribution in [0.2, 0.25) is 0 Å². The van der Waals surface area contributed by atoms with Crippen LogP contribution in [-0.2, 0) is 16.6 Å². The first-order valence-corrected chi connectivity index (χ1v) is 9.67. The van der Waals surface area contributed by atoms with Gasteiger partial charge in [0, 0.05) is 18.2 Å². The maximum absolute atomic E-state index is 12.8. The molecule has 1 heterocycles. The molecule has 8 heteroatoms. The number of nitrogens with zero attached hydrogens (tertiary/aromatic N) is 1. The molecule has 0 radical (unpaired) electrons. The third-order valence-corrected chi connectivity index (χ3v) is 5.44. The van der Waals surface area contributed by atoms with Crippen LogP contribution in [0.15, 0.2) is 64.3 Å². The Morgan fingerprint density at radius 3 is 2.44 bits per heavy atom. The molecule has 2 N–H and O–H groups in total. The number of aryl methyl sites for hydroxylation is 1. The molecule has 0 atom stereocenters. The van der Waals surface area contributed by atoms with E-state index in [0.717, 1.165) is 11.1 Å². The fraction of sp³-hybridized carbons (Fsp3) is 0.158. The summed E-state index contributed by atoms with van der Waals surface area (Å²) >= 11 is 0. The SMILES string of the molecule is COc1ccc(-c2ccc(=O)[nH]n2)cc1S(=O)(=O)NCc1ccc(C)cc1. The number of benzene rings is 2. The molecule has 0 unspecified atom stereocenters. The minimum absolute atomic E-state index is 0.00242. The third kappa shape index (κ3) is 4.42. The molecule has 2 aromatic carbocycles. The molecule has 27 heavy (non-hydrogen) atoms. The molecule has 7 nitrogen and oxygen atoms in total. The lowest BCUT2D eigenvalue weighted by Gasteiger charge is -2.12. The van der Waals surface area contributed by atoms with E-state index in [4.69, 9.17) is 4.74 Å². The minimum Gasteiger partial charge on any atom is -0.495 e. The van der Waals surface area contributed by atoms with Gasteiger partial charge in [-0.25, -0.2) is 18.2 Å². The van der Waals surface area contributed by atoms with Gasteiger partial charge in [-0.15, -0.1) is 0 Å². The monoisotopic (exact) mass is 385 g/mol. The van der Waals surface area contributed by atoms with Gasteiger partial charge < -0.3 is 4.74 Å². The van der Waals surface area contributed by atoms with Gasteiger partial charge in [0.05, 0.1) is 12.8 Å². The van der Waals surface area contributed by atoms with E-state index in [1.54, 1.807) is 12.1 Å². The highest BCUT2D eigenvalue weighted by Crippen LogP contribution is 2.28. The van der Waals surface area contributed by atoms with Crippen molar-refractivity contribution in [1.29, 1.82) is 0 Å². The van der Waals surface area contributed by atoms with Gasteiger partial charge in [0.25, 0.3) is 5.56 Å². The van der Waals surface area contributed by atoms with Crippen molar-refractivity contribution in [2.45, 2.75) is 18.4 Å². The summed E-state index contributed by atoms with van der Waals surface area (Å²) < 4.78 is 33.4. The van der Waals surface area contributed by atoms with Crippen molar-refractivity contribution in [2.24, 2.45) is 0 Å². The molecule has 1 aromatic heterocycles. The van der Waals surface area contributed by atoms with Crippen molar-refractivity contribution in [3.05, 3.63) is 76.1 Å². The summed E-state index contributed by atoms with van der Waals surface area (Å²) in [6.45, 7) is 2.13. The summed E-state index contributed by atoms with van der Waals surface area (Å²) in [6.07, 6.45) is 0. The Morgan fingerprint density at radius 1 is 1.07 bits per heavy atom. The zero-order chi connectivity index (χ0) is 19.4. The second kappa shape index (κ2) is 7.73. The van der Waals surface area contributed by atoms with Gasteiger partial charge in [0.15, 0.2) is 0 Å². The Hall–Kier alpha value is -2.97. The predicted molar refractivity (Wildman–Crippen MR) is 102 cm³/mol. The number of aromatic nitrogens is 2. The van der Waals surface area contributed by atoms with Crippen molar-refractivity contribution in [3.8, 4) is 17.0 Å². The number of hydrogen-bond acceptors (Lipinski definition) is 5. The molecule has 3 aromatic rings. The number of nitrogens with one attached hydrogen (secondary N) is 2. The number of aromatic amines is 1. The summed E-state index contributed by atoms with van der Waals surface area (Å²) in [5.41, 5.74) is 2.61. The number of sulfonamides is 1. The number of rotatable bonds is 6. The third-order valence-electron chi connectivity index (χ3n) is 4.01. The first-order valence-electron chi connectivity index (χ1n) is 8.18. The standard InChI is InChI=1S/C19H19N3O4S/c1-13-3-5-14(6-4-13)12-20-27(24,25)18-11-15(7-9-17(18)26-2)16-8-10-19(23)22-21-16/h3-11,20H,12H2,1-2H3,(H,22,23). The zero-order valence-corrected chi connectivity index (χ0v) is 15.7. The van der Waals surface area contributed by atoms with E-state index in [1.807, 2.05) is 31.2 Å². The Bertz CT molecular complexity index is 1090. The number of methoxy groups -OCH3 is 1. The molecule has 0 aliphatic rings. The van der Waals surface area contributed by atoms with Gasteiger partial charge in [-0.1, -0.05) is 29.8 Å². The highest BCUT2D eigenvalue weighted by molar-refractivity contribution is 7.89. The van der Waals surface area contributed by atoms with E-state index in [1.165, 1.54) is 25.3 Å². The van der Waals surface area contributed by atoms with E-state index < -0.39 is 10.0 Å². The average molecular weight is 385 g/mol. The van der Waals surface area contributed by atoms with Gasteiger partial charge in [-0.2, -0.15) is 5.10 Å². The maximum Gasteiger partial charge on any atom is 0.264 e. The van der Waals surface area contributed by atoms with Crippen LogP contribution in [0.4, 0.5) is 0 Å². The Morgan fingerprint density at radius 2 is 1.81 bits per heavy atom. The number of H-pyrrole nitrogens is 1. The summed E-state index contributed by atoms with van der Waals surface area (Å²) in [7, 11) is -2.42. The zero-order valence-electron chi connectivity index (χ0n) is 14.9. The van der Waals surface area contributed by atoms with Crippen LogP contribution in [0.3, 0.4) is 0 Å². The fourth-order valence-corrected chi connectivity index (χ4v) is 3.72. The summed E-state index contributed by atoms with van der Waals surface area (Å²) in [4.78, 5) is 11.2. The molecule has 0 aliphatic heterocycles. The number of ether oxygens (including phenoxy) is 1. The molecule has 0 aliphatic carbocycles. The van der Waals surface area contributed by atoms with Crippen molar-refractivity contribution < 1.29 is 13.2 Å². The highest BCUT2D eigenvalue weighted by atomic mass is 32.2. The van der Waals surface area contributed by atoms with Gasteiger partial charge in [-0.05, 0) is 36.8 Å². The van der Waals surface area contributed by atoms with E-state index in [0.29, 0.717) is 11.3 Å². The van der Waals surface area contributed by atoms with Crippen molar-refractivity contribution in [3.63, 3.8) is 0 Å². The highest BCUT2D eigenvalue weighted by Gasteiger charge is 2.20. The molecule has 0 saturated carbocycles. The molecular weight excluding hydrogens is 366 g/mol. The van der Waals surface area contributed by atoms with Crippen LogP contribution in [0.25, 0.3) is 11.3 Å². The van der Waals surface area contributed by atoms with Crippen LogP contribution >= 0.6 is 0 Å². The summed E-state index contributed by atoms with van der Waals surface area (Å²) in [5.74, 6) is 0.222. The van der Waals surface area contributed by atoms with E-state index in [2.05, 4.69) is 14.9 Å². The molecule has 0 spiro atoms. The van der Waals surface area contributed by atoms with Crippen molar-refractivity contribution in [2.75, 3.05) is 7.11 Å². The molecule has 0 amide bonds. The van der Waals surface area contributed by atoms with Gasteiger partial charge >= 0.3 is 0 Å². The lowest BCUT2D eigenvalue weighted by molar-refractivity contribution is 0.402. The normalized spacial score (nSPS) is 11.3. The predicted octanol–water partition coefficient (Wildman–Crippen LogP) is 2.23. The summed E-state index contributed by atoms with van der Waals surface area (Å²) in [5, 5.41) is 6.27. The summed E-state index contributed by atoms with van der Waals surface area (Å²) in [6, 6.07) is 15.1. The van der Waals surface area contributed by atoms with Gasteiger partial charge in [-0.3, -0.25) is 4.79 Å². The van der Waals surface area contributed by atoms with Crippen LogP contribution < -0.4 is 15.0 Å². The average Bonchev–Trinajstić information content (AvgIpc) is 2.68. The quantitative estimate of drug-likeness (QED) is 0.678. The minimum atomic E-state index is -3.82. The second-order valence-corrected chi connectivity index (χ2v) is 7.72. The molecule has 3 rings (SSSR count). The molecule has 0 bridgehead atoms. The molecule has 140 valence electrons. The lowest BCUT2D eigenvalue weighted by Crippen LogP contribution is -2.23. The van der Waals surface area contributed by atoms with Crippen LogP contribution in [0, 0.1) is 6.92 Å². The second-order valence-electron chi connectivity index (χ2n) is 5.98. The van der Waals surface area contributed by atoms with E-state index in [9.17, 15) is 13.2 Å². The van der Waals surface area contributed by atoms with Crippen LogP contribution in [-0.4, -0.2) is 25.7 Å². The van der Waals surface area contributed by atoms with Crippen molar-refractivity contribution >= 4 is 10.0 Å². The smallest absolute Gasteiger partial charge is 0.264 e.